The van der Waals surface area contributed by atoms with Gasteiger partial charge in [-0.05, 0) is 6.07 Å². The Balaban J connectivity index is 2.10. The SMILES string of the molecule is C=CCNCCSc1ncccn1. The fourth-order valence-corrected chi connectivity index (χ4v) is 1.48. The molecule has 0 bridgehead atoms. The van der Waals surface area contributed by atoms with Crippen molar-refractivity contribution < 1.29 is 0 Å². The summed E-state index contributed by atoms with van der Waals surface area (Å²) in [4.78, 5) is 8.20. The maximum Gasteiger partial charge on any atom is 0.187 e. The minimum atomic E-state index is 0.836. The molecule has 1 aromatic rings. The zero-order valence-electron chi connectivity index (χ0n) is 7.44. The van der Waals surface area contributed by atoms with Crippen LogP contribution in [0.15, 0.2) is 36.3 Å². The molecule has 1 heterocycles. The van der Waals surface area contributed by atoms with Crippen LogP contribution in [0, 0.1) is 0 Å². The second-order valence-electron chi connectivity index (χ2n) is 2.37. The molecule has 0 spiro atoms. The maximum atomic E-state index is 4.10. The van der Waals surface area contributed by atoms with Crippen LogP contribution in [0.1, 0.15) is 0 Å². The Morgan fingerprint density at radius 3 is 2.92 bits per heavy atom. The summed E-state index contributed by atoms with van der Waals surface area (Å²) >= 11 is 1.65. The first-order valence-corrected chi connectivity index (χ1v) is 5.13. The van der Waals surface area contributed by atoms with E-state index >= 15 is 0 Å². The number of nitrogens with zero attached hydrogens (tertiary/aromatic N) is 2. The Hall–Kier alpha value is -0.870. The molecule has 0 saturated heterocycles. The zero-order chi connectivity index (χ0) is 9.36. The lowest BCUT2D eigenvalue weighted by Gasteiger charge is -1.99. The number of rotatable bonds is 6. The van der Waals surface area contributed by atoms with E-state index in [1.165, 1.54) is 0 Å². The van der Waals surface area contributed by atoms with Crippen LogP contribution >= 0.6 is 11.8 Å². The molecular weight excluding hydrogens is 182 g/mol. The van der Waals surface area contributed by atoms with Crippen molar-refractivity contribution in [1.82, 2.24) is 15.3 Å². The van der Waals surface area contributed by atoms with Gasteiger partial charge in [0.2, 0.25) is 0 Å². The van der Waals surface area contributed by atoms with Gasteiger partial charge in [0.05, 0.1) is 0 Å². The standard InChI is InChI=1S/C9H13N3S/c1-2-4-10-7-8-13-9-11-5-3-6-12-9/h2-3,5-6,10H,1,4,7-8H2. The highest BCUT2D eigenvalue weighted by molar-refractivity contribution is 7.99. The Bertz CT molecular complexity index is 238. The first-order valence-electron chi connectivity index (χ1n) is 4.15. The molecule has 13 heavy (non-hydrogen) atoms. The Kier molecular flexibility index (Phi) is 5.20. The lowest BCUT2D eigenvalue weighted by molar-refractivity contribution is 0.805. The average Bonchev–Trinajstić information content (AvgIpc) is 2.19. The van der Waals surface area contributed by atoms with Crippen LogP contribution in [0.25, 0.3) is 0 Å². The molecule has 0 aliphatic carbocycles. The lowest BCUT2D eigenvalue weighted by Crippen LogP contribution is -2.16. The molecule has 1 aromatic heterocycles. The molecule has 0 unspecified atom stereocenters. The van der Waals surface area contributed by atoms with Crippen LogP contribution in [0.3, 0.4) is 0 Å². The van der Waals surface area contributed by atoms with E-state index < -0.39 is 0 Å². The van der Waals surface area contributed by atoms with E-state index in [4.69, 9.17) is 0 Å². The molecule has 0 radical (unpaired) electrons. The molecule has 1 rings (SSSR count). The summed E-state index contributed by atoms with van der Waals surface area (Å²) in [5.41, 5.74) is 0. The Labute approximate surface area is 82.7 Å². The fraction of sp³-hybridized carbons (Fsp3) is 0.333. The summed E-state index contributed by atoms with van der Waals surface area (Å²) in [6.45, 7) is 5.43. The van der Waals surface area contributed by atoms with Gasteiger partial charge in [-0.25, -0.2) is 9.97 Å². The molecule has 0 fully saturated rings. The third-order valence-corrected chi connectivity index (χ3v) is 2.22. The topological polar surface area (TPSA) is 37.8 Å². The van der Waals surface area contributed by atoms with Crippen molar-refractivity contribution in [3.05, 3.63) is 31.1 Å². The van der Waals surface area contributed by atoms with Crippen LogP contribution in [-0.2, 0) is 0 Å². The van der Waals surface area contributed by atoms with Gasteiger partial charge in [-0.2, -0.15) is 0 Å². The average molecular weight is 195 g/mol. The quantitative estimate of drug-likeness (QED) is 0.322. The fourth-order valence-electron chi connectivity index (χ4n) is 0.779. The number of hydrogen-bond donors (Lipinski definition) is 1. The van der Waals surface area contributed by atoms with Crippen molar-refractivity contribution in [3.8, 4) is 0 Å². The van der Waals surface area contributed by atoms with Gasteiger partial charge in [-0.15, -0.1) is 6.58 Å². The number of hydrogen-bond acceptors (Lipinski definition) is 4. The highest BCUT2D eigenvalue weighted by Gasteiger charge is 1.93. The first kappa shape index (κ1) is 10.2. The largest absolute Gasteiger partial charge is 0.312 e. The number of thioether (sulfide) groups is 1. The Morgan fingerprint density at radius 2 is 2.23 bits per heavy atom. The van der Waals surface area contributed by atoms with Gasteiger partial charge in [0.15, 0.2) is 5.16 Å². The predicted molar refractivity (Wildman–Crippen MR) is 55.8 cm³/mol. The molecule has 0 aliphatic heterocycles. The number of nitrogens with one attached hydrogen (secondary N) is 1. The molecule has 4 heteroatoms. The van der Waals surface area contributed by atoms with Gasteiger partial charge in [0.1, 0.15) is 0 Å². The molecule has 1 N–H and O–H groups in total. The van der Waals surface area contributed by atoms with Crippen molar-refractivity contribution >= 4 is 11.8 Å². The van der Waals surface area contributed by atoms with Crippen molar-refractivity contribution in [2.45, 2.75) is 5.16 Å². The molecule has 0 aliphatic rings. The summed E-state index contributed by atoms with van der Waals surface area (Å²) in [6, 6.07) is 1.82. The van der Waals surface area contributed by atoms with E-state index in [0.717, 1.165) is 24.0 Å². The van der Waals surface area contributed by atoms with Crippen molar-refractivity contribution in [3.63, 3.8) is 0 Å². The van der Waals surface area contributed by atoms with E-state index in [-0.39, 0.29) is 0 Å². The molecule has 0 amide bonds. The van der Waals surface area contributed by atoms with Crippen LogP contribution in [0.2, 0.25) is 0 Å². The van der Waals surface area contributed by atoms with Crippen molar-refractivity contribution in [2.75, 3.05) is 18.8 Å². The van der Waals surface area contributed by atoms with Crippen molar-refractivity contribution in [1.29, 1.82) is 0 Å². The molecule has 0 atom stereocenters. The minimum absolute atomic E-state index is 0.836. The van der Waals surface area contributed by atoms with E-state index in [1.807, 2.05) is 12.1 Å². The second kappa shape index (κ2) is 6.62. The third-order valence-electron chi connectivity index (χ3n) is 1.34. The molecule has 0 aromatic carbocycles. The monoisotopic (exact) mass is 195 g/mol. The highest BCUT2D eigenvalue weighted by Crippen LogP contribution is 2.08. The van der Waals surface area contributed by atoms with Gasteiger partial charge in [0, 0.05) is 31.2 Å². The van der Waals surface area contributed by atoms with Crippen LogP contribution in [-0.4, -0.2) is 28.8 Å². The highest BCUT2D eigenvalue weighted by atomic mass is 32.2. The third kappa shape index (κ3) is 4.65. The smallest absolute Gasteiger partial charge is 0.187 e. The molecule has 3 nitrogen and oxygen atoms in total. The summed E-state index contributed by atoms with van der Waals surface area (Å²) in [7, 11) is 0. The molecular formula is C9H13N3S. The zero-order valence-corrected chi connectivity index (χ0v) is 8.26. The van der Waals surface area contributed by atoms with E-state index in [0.29, 0.717) is 0 Å². The summed E-state index contributed by atoms with van der Waals surface area (Å²) in [6.07, 6.45) is 5.36. The van der Waals surface area contributed by atoms with E-state index in [2.05, 4.69) is 21.9 Å². The first-order chi connectivity index (χ1) is 6.43. The summed E-state index contributed by atoms with van der Waals surface area (Å²) in [5.74, 6) is 0.984. The van der Waals surface area contributed by atoms with Gasteiger partial charge < -0.3 is 5.32 Å². The van der Waals surface area contributed by atoms with E-state index in [1.54, 1.807) is 24.2 Å². The van der Waals surface area contributed by atoms with Gasteiger partial charge in [-0.1, -0.05) is 17.8 Å². The van der Waals surface area contributed by atoms with Gasteiger partial charge in [0.25, 0.3) is 0 Å². The summed E-state index contributed by atoms with van der Waals surface area (Å²) < 4.78 is 0. The molecule has 0 saturated carbocycles. The molecule has 70 valence electrons. The second-order valence-corrected chi connectivity index (χ2v) is 3.43. The maximum absolute atomic E-state index is 4.10. The predicted octanol–water partition coefficient (Wildman–Crippen LogP) is 1.34. The van der Waals surface area contributed by atoms with Crippen molar-refractivity contribution in [2.24, 2.45) is 0 Å². The summed E-state index contributed by atoms with van der Waals surface area (Å²) in [5, 5.41) is 4.05. The normalized spacial score (nSPS) is 9.85. The van der Waals surface area contributed by atoms with Gasteiger partial charge >= 0.3 is 0 Å². The van der Waals surface area contributed by atoms with Crippen LogP contribution in [0.4, 0.5) is 0 Å². The lowest BCUT2D eigenvalue weighted by atomic mass is 10.6. The Morgan fingerprint density at radius 1 is 1.46 bits per heavy atom. The van der Waals surface area contributed by atoms with Gasteiger partial charge in [-0.3, -0.25) is 0 Å². The van der Waals surface area contributed by atoms with Crippen LogP contribution in [0.5, 0.6) is 0 Å². The van der Waals surface area contributed by atoms with Crippen LogP contribution < -0.4 is 5.32 Å². The minimum Gasteiger partial charge on any atom is -0.312 e. The number of aromatic nitrogens is 2. The van der Waals surface area contributed by atoms with E-state index in [9.17, 15) is 0 Å².